The van der Waals surface area contributed by atoms with E-state index in [0.717, 1.165) is 37.7 Å². The molecule has 6 heteroatoms. The van der Waals surface area contributed by atoms with Gasteiger partial charge in [0.25, 0.3) is 0 Å². The summed E-state index contributed by atoms with van der Waals surface area (Å²) < 4.78 is 10.4. The Hall–Kier alpha value is -1.79. The van der Waals surface area contributed by atoms with Crippen LogP contribution in [0.2, 0.25) is 0 Å². The zero-order valence-electron chi connectivity index (χ0n) is 13.8. The molecule has 0 saturated carbocycles. The molecule has 0 aromatic carbocycles. The number of nitrogens with one attached hydrogen (secondary N) is 1. The van der Waals surface area contributed by atoms with E-state index in [4.69, 9.17) is 9.15 Å². The fourth-order valence-electron chi connectivity index (χ4n) is 2.15. The maximum Gasteiger partial charge on any atom is 0.193 e. The van der Waals surface area contributed by atoms with Gasteiger partial charge >= 0.3 is 0 Å². The molecule has 0 radical (unpaired) electrons. The summed E-state index contributed by atoms with van der Waals surface area (Å²) in [4.78, 5) is 8.17. The van der Waals surface area contributed by atoms with Crippen LogP contribution >= 0.6 is 11.3 Å². The number of methoxy groups -OCH3 is 1. The number of hydrogen-bond donors (Lipinski definition) is 1. The van der Waals surface area contributed by atoms with Crippen molar-refractivity contribution in [2.45, 2.75) is 12.8 Å². The fourth-order valence-corrected chi connectivity index (χ4v) is 2.84. The summed E-state index contributed by atoms with van der Waals surface area (Å²) in [5, 5.41) is 5.53. The zero-order valence-corrected chi connectivity index (χ0v) is 14.6. The van der Waals surface area contributed by atoms with Crippen molar-refractivity contribution in [3.8, 4) is 0 Å². The van der Waals surface area contributed by atoms with Crippen LogP contribution in [0.15, 0.2) is 45.3 Å². The smallest absolute Gasteiger partial charge is 0.193 e. The minimum Gasteiger partial charge on any atom is -0.469 e. The molecule has 0 aliphatic heterocycles. The standard InChI is InChI=1S/C17H25N3O2S/c1-20(11-8-16-6-4-14-23-16)17(19-10-13-21-2)18-9-7-15-5-3-12-22-15/h3-6,12,14H,7-11,13H2,1-2H3,(H,18,19). The quantitative estimate of drug-likeness (QED) is 0.435. The summed E-state index contributed by atoms with van der Waals surface area (Å²) in [6.45, 7) is 3.01. The molecule has 0 atom stereocenters. The van der Waals surface area contributed by atoms with Gasteiger partial charge in [0.2, 0.25) is 0 Å². The van der Waals surface area contributed by atoms with Gasteiger partial charge in [-0.05, 0) is 30.0 Å². The third-order valence-corrected chi connectivity index (χ3v) is 4.36. The van der Waals surface area contributed by atoms with Crippen molar-refractivity contribution >= 4 is 17.3 Å². The van der Waals surface area contributed by atoms with Gasteiger partial charge in [-0.15, -0.1) is 11.3 Å². The number of hydrogen-bond acceptors (Lipinski definition) is 4. The highest BCUT2D eigenvalue weighted by molar-refractivity contribution is 7.09. The molecule has 126 valence electrons. The Morgan fingerprint density at radius 3 is 2.96 bits per heavy atom. The molecule has 0 aliphatic rings. The van der Waals surface area contributed by atoms with Crippen molar-refractivity contribution in [3.05, 3.63) is 46.5 Å². The molecular weight excluding hydrogens is 310 g/mol. The van der Waals surface area contributed by atoms with Crippen molar-refractivity contribution in [1.29, 1.82) is 0 Å². The lowest BCUT2D eigenvalue weighted by atomic mass is 10.3. The molecule has 2 rings (SSSR count). The molecule has 5 nitrogen and oxygen atoms in total. The van der Waals surface area contributed by atoms with Crippen LogP contribution in [0.25, 0.3) is 0 Å². The van der Waals surface area contributed by atoms with Crippen molar-refractivity contribution in [2.24, 2.45) is 4.99 Å². The maximum atomic E-state index is 5.36. The zero-order chi connectivity index (χ0) is 16.3. The van der Waals surface area contributed by atoms with Crippen LogP contribution in [0.3, 0.4) is 0 Å². The molecule has 2 aromatic heterocycles. The van der Waals surface area contributed by atoms with E-state index in [1.165, 1.54) is 4.88 Å². The Morgan fingerprint density at radius 2 is 2.26 bits per heavy atom. The molecule has 0 bridgehead atoms. The number of rotatable bonds is 9. The fraction of sp³-hybridized carbons (Fsp3) is 0.471. The van der Waals surface area contributed by atoms with Crippen molar-refractivity contribution in [1.82, 2.24) is 10.2 Å². The van der Waals surface area contributed by atoms with Crippen LogP contribution in [0.5, 0.6) is 0 Å². The van der Waals surface area contributed by atoms with E-state index in [2.05, 4.69) is 39.8 Å². The molecule has 2 aromatic rings. The molecule has 0 amide bonds. The first-order chi connectivity index (χ1) is 11.3. The van der Waals surface area contributed by atoms with Gasteiger partial charge in [-0.2, -0.15) is 0 Å². The normalized spacial score (nSPS) is 11.7. The first kappa shape index (κ1) is 17.6. The van der Waals surface area contributed by atoms with Gasteiger partial charge in [0.05, 0.1) is 19.4 Å². The van der Waals surface area contributed by atoms with Crippen molar-refractivity contribution in [2.75, 3.05) is 40.4 Å². The number of aliphatic imine (C=N–C) groups is 1. The van der Waals surface area contributed by atoms with Crippen LogP contribution in [0, 0.1) is 0 Å². The van der Waals surface area contributed by atoms with Gasteiger partial charge in [-0.25, -0.2) is 0 Å². The highest BCUT2D eigenvalue weighted by Crippen LogP contribution is 2.09. The van der Waals surface area contributed by atoms with Crippen LogP contribution in [-0.4, -0.2) is 51.3 Å². The minimum atomic E-state index is 0.627. The van der Waals surface area contributed by atoms with Gasteiger partial charge in [0.15, 0.2) is 5.96 Å². The molecule has 0 spiro atoms. The SMILES string of the molecule is COCCN=C(NCCc1ccco1)N(C)CCc1cccs1. The minimum absolute atomic E-state index is 0.627. The summed E-state index contributed by atoms with van der Waals surface area (Å²) in [6, 6.07) is 8.17. The largest absolute Gasteiger partial charge is 0.469 e. The van der Waals surface area contributed by atoms with Crippen LogP contribution in [0.4, 0.5) is 0 Å². The topological polar surface area (TPSA) is 50.0 Å². The number of thiophene rings is 1. The Morgan fingerprint density at radius 1 is 1.35 bits per heavy atom. The Balaban J connectivity index is 1.82. The van der Waals surface area contributed by atoms with Gasteiger partial charge in [0.1, 0.15) is 5.76 Å². The molecule has 0 aliphatic carbocycles. The number of furan rings is 1. The molecule has 23 heavy (non-hydrogen) atoms. The number of ether oxygens (including phenoxy) is 1. The lowest BCUT2D eigenvalue weighted by Crippen LogP contribution is -2.41. The average molecular weight is 335 g/mol. The van der Waals surface area contributed by atoms with E-state index in [9.17, 15) is 0 Å². The highest BCUT2D eigenvalue weighted by Gasteiger charge is 2.07. The van der Waals surface area contributed by atoms with Crippen LogP contribution < -0.4 is 5.32 Å². The van der Waals surface area contributed by atoms with E-state index in [1.54, 1.807) is 24.7 Å². The monoisotopic (exact) mass is 335 g/mol. The number of likely N-dealkylation sites (N-methyl/N-ethyl adjacent to an activating group) is 1. The third kappa shape index (κ3) is 6.46. The van der Waals surface area contributed by atoms with E-state index in [1.807, 2.05) is 12.1 Å². The molecular formula is C17H25N3O2S. The van der Waals surface area contributed by atoms with E-state index in [0.29, 0.717) is 13.2 Å². The first-order valence-corrected chi connectivity index (χ1v) is 8.70. The Labute approximate surface area is 142 Å². The van der Waals surface area contributed by atoms with Gasteiger partial charge < -0.3 is 19.4 Å². The van der Waals surface area contributed by atoms with Crippen LogP contribution in [-0.2, 0) is 17.6 Å². The van der Waals surface area contributed by atoms with Crippen molar-refractivity contribution < 1.29 is 9.15 Å². The van der Waals surface area contributed by atoms with Crippen LogP contribution in [0.1, 0.15) is 10.6 Å². The summed E-state index contributed by atoms with van der Waals surface area (Å²) in [5.41, 5.74) is 0. The summed E-state index contributed by atoms with van der Waals surface area (Å²) in [7, 11) is 3.76. The predicted octanol–water partition coefficient (Wildman–Crippen LogP) is 2.65. The summed E-state index contributed by atoms with van der Waals surface area (Å²) >= 11 is 1.79. The summed E-state index contributed by atoms with van der Waals surface area (Å²) in [6.07, 6.45) is 3.57. The second kappa shape index (κ2) is 10.1. The van der Waals surface area contributed by atoms with Gasteiger partial charge in [0, 0.05) is 38.5 Å². The molecule has 1 N–H and O–H groups in total. The average Bonchev–Trinajstić information content (AvgIpc) is 3.25. The van der Waals surface area contributed by atoms with E-state index < -0.39 is 0 Å². The third-order valence-electron chi connectivity index (χ3n) is 3.43. The van der Waals surface area contributed by atoms with E-state index in [-0.39, 0.29) is 0 Å². The lowest BCUT2D eigenvalue weighted by Gasteiger charge is -2.22. The predicted molar refractivity (Wildman–Crippen MR) is 95.2 cm³/mol. The highest BCUT2D eigenvalue weighted by atomic mass is 32.1. The second-order valence-corrected chi connectivity index (χ2v) is 6.24. The van der Waals surface area contributed by atoms with E-state index >= 15 is 0 Å². The van der Waals surface area contributed by atoms with Gasteiger partial charge in [-0.3, -0.25) is 4.99 Å². The lowest BCUT2D eigenvalue weighted by molar-refractivity contribution is 0.207. The number of guanidine groups is 1. The number of nitrogens with zero attached hydrogens (tertiary/aromatic N) is 2. The Bertz CT molecular complexity index is 552. The Kier molecular flexibility index (Phi) is 7.69. The molecule has 0 fully saturated rings. The molecule has 0 saturated heterocycles. The van der Waals surface area contributed by atoms with Gasteiger partial charge in [-0.1, -0.05) is 6.07 Å². The molecule has 2 heterocycles. The maximum absolute atomic E-state index is 5.36. The summed E-state index contributed by atoms with van der Waals surface area (Å²) in [5.74, 6) is 1.89. The first-order valence-electron chi connectivity index (χ1n) is 7.82. The van der Waals surface area contributed by atoms with Crippen molar-refractivity contribution in [3.63, 3.8) is 0 Å². The molecule has 0 unspecified atom stereocenters. The second-order valence-electron chi connectivity index (χ2n) is 5.21.